The first kappa shape index (κ1) is 15.6. The quantitative estimate of drug-likeness (QED) is 0.793. The minimum atomic E-state index is -2.82. The molecule has 2 rings (SSSR count). The fraction of sp³-hybridized carbons (Fsp3) is 0.188. The van der Waals surface area contributed by atoms with Crippen molar-refractivity contribution >= 4 is 5.69 Å². The van der Waals surface area contributed by atoms with Crippen LogP contribution in [0.5, 0.6) is 11.5 Å². The summed E-state index contributed by atoms with van der Waals surface area (Å²) in [6.45, 7) is -1.84. The van der Waals surface area contributed by atoms with Gasteiger partial charge in [0.05, 0.1) is 11.6 Å². The molecule has 0 atom stereocenters. The number of ether oxygens (including phenoxy) is 2. The van der Waals surface area contributed by atoms with Gasteiger partial charge in [0.25, 0.3) is 0 Å². The van der Waals surface area contributed by atoms with Gasteiger partial charge in [-0.1, -0.05) is 0 Å². The number of anilines is 1. The Morgan fingerprint density at radius 2 is 1.64 bits per heavy atom. The number of nitrogens with one attached hydrogen (secondary N) is 1. The smallest absolute Gasteiger partial charge is 0.387 e. The number of hydrogen-bond acceptors (Lipinski definition) is 4. The molecule has 0 aliphatic rings. The molecule has 0 fully saturated rings. The number of hydrogen-bond donors (Lipinski definition) is 1. The standard InChI is InChI=1S/C16H14F2N2O2/c17-16(18)22-15-7-3-13(4-8-15)20-9-10-21-14-5-1-12(11-19)2-6-14/h1-8,16,20H,9-10H2. The number of halogens is 2. The molecule has 0 saturated carbocycles. The van der Waals surface area contributed by atoms with E-state index in [2.05, 4.69) is 10.1 Å². The third-order valence-electron chi connectivity index (χ3n) is 2.76. The fourth-order valence-electron chi connectivity index (χ4n) is 1.74. The lowest BCUT2D eigenvalue weighted by molar-refractivity contribution is -0.0498. The van der Waals surface area contributed by atoms with Gasteiger partial charge in [-0.3, -0.25) is 0 Å². The normalized spacial score (nSPS) is 10.1. The lowest BCUT2D eigenvalue weighted by Gasteiger charge is -2.09. The SMILES string of the molecule is N#Cc1ccc(OCCNc2ccc(OC(F)F)cc2)cc1. The minimum Gasteiger partial charge on any atom is -0.492 e. The van der Waals surface area contributed by atoms with E-state index in [0.29, 0.717) is 24.5 Å². The van der Waals surface area contributed by atoms with Crippen LogP contribution in [-0.4, -0.2) is 19.8 Å². The van der Waals surface area contributed by atoms with Crippen LogP contribution in [0.2, 0.25) is 0 Å². The highest BCUT2D eigenvalue weighted by atomic mass is 19.3. The molecule has 1 N–H and O–H groups in total. The molecule has 4 nitrogen and oxygen atoms in total. The van der Waals surface area contributed by atoms with Gasteiger partial charge in [-0.25, -0.2) is 0 Å². The van der Waals surface area contributed by atoms with E-state index in [0.717, 1.165) is 5.69 Å². The van der Waals surface area contributed by atoms with Crippen LogP contribution < -0.4 is 14.8 Å². The topological polar surface area (TPSA) is 54.3 Å². The zero-order valence-electron chi connectivity index (χ0n) is 11.6. The van der Waals surface area contributed by atoms with Gasteiger partial charge in [0.1, 0.15) is 18.1 Å². The summed E-state index contributed by atoms with van der Waals surface area (Å²) >= 11 is 0. The average molecular weight is 304 g/mol. The van der Waals surface area contributed by atoms with Crippen molar-refractivity contribution in [2.75, 3.05) is 18.5 Å². The first-order valence-electron chi connectivity index (χ1n) is 6.59. The van der Waals surface area contributed by atoms with Crippen molar-refractivity contribution in [3.05, 3.63) is 54.1 Å². The molecule has 0 aliphatic heterocycles. The predicted molar refractivity (Wildman–Crippen MR) is 78.2 cm³/mol. The second-order valence-corrected chi connectivity index (χ2v) is 4.31. The number of rotatable bonds is 7. The molecule has 2 aromatic rings. The summed E-state index contributed by atoms with van der Waals surface area (Å²) in [4.78, 5) is 0. The fourth-order valence-corrected chi connectivity index (χ4v) is 1.74. The Morgan fingerprint density at radius 3 is 2.23 bits per heavy atom. The largest absolute Gasteiger partial charge is 0.492 e. The second kappa shape index (κ2) is 7.84. The third kappa shape index (κ3) is 4.94. The van der Waals surface area contributed by atoms with Crippen molar-refractivity contribution in [3.8, 4) is 17.6 Å². The third-order valence-corrected chi connectivity index (χ3v) is 2.76. The van der Waals surface area contributed by atoms with E-state index in [1.54, 1.807) is 36.4 Å². The number of nitriles is 1. The summed E-state index contributed by atoms with van der Waals surface area (Å²) in [6.07, 6.45) is 0. The molecule has 0 amide bonds. The van der Waals surface area contributed by atoms with Crippen LogP contribution in [-0.2, 0) is 0 Å². The van der Waals surface area contributed by atoms with E-state index in [-0.39, 0.29) is 5.75 Å². The first-order chi connectivity index (χ1) is 10.7. The van der Waals surface area contributed by atoms with Gasteiger partial charge in [0.15, 0.2) is 0 Å². The van der Waals surface area contributed by atoms with E-state index < -0.39 is 6.61 Å². The minimum absolute atomic E-state index is 0.120. The van der Waals surface area contributed by atoms with Crippen LogP contribution in [0.3, 0.4) is 0 Å². The Labute approximate surface area is 126 Å². The molecule has 114 valence electrons. The van der Waals surface area contributed by atoms with Gasteiger partial charge in [0, 0.05) is 12.2 Å². The van der Waals surface area contributed by atoms with Crippen LogP contribution >= 0.6 is 0 Å². The van der Waals surface area contributed by atoms with E-state index >= 15 is 0 Å². The van der Waals surface area contributed by atoms with Crippen LogP contribution in [0.4, 0.5) is 14.5 Å². The van der Waals surface area contributed by atoms with Gasteiger partial charge in [-0.15, -0.1) is 0 Å². The summed E-state index contributed by atoms with van der Waals surface area (Å²) in [7, 11) is 0. The Bertz CT molecular complexity index is 622. The molecule has 22 heavy (non-hydrogen) atoms. The van der Waals surface area contributed by atoms with E-state index in [1.165, 1.54) is 12.1 Å². The molecule has 0 bridgehead atoms. The molecule has 2 aromatic carbocycles. The number of alkyl halides is 2. The van der Waals surface area contributed by atoms with Crippen molar-refractivity contribution in [1.29, 1.82) is 5.26 Å². The van der Waals surface area contributed by atoms with Gasteiger partial charge in [-0.05, 0) is 48.5 Å². The van der Waals surface area contributed by atoms with Gasteiger partial charge < -0.3 is 14.8 Å². The summed E-state index contributed by atoms with van der Waals surface area (Å²) < 4.78 is 33.8. The average Bonchev–Trinajstić information content (AvgIpc) is 2.53. The molecular formula is C16H14F2N2O2. The molecule has 0 heterocycles. The number of benzene rings is 2. The van der Waals surface area contributed by atoms with Crippen LogP contribution in [0.1, 0.15) is 5.56 Å². The van der Waals surface area contributed by atoms with Crippen molar-refractivity contribution in [3.63, 3.8) is 0 Å². The lowest BCUT2D eigenvalue weighted by Crippen LogP contribution is -2.11. The highest BCUT2D eigenvalue weighted by molar-refractivity contribution is 5.46. The second-order valence-electron chi connectivity index (χ2n) is 4.31. The lowest BCUT2D eigenvalue weighted by atomic mass is 10.2. The van der Waals surface area contributed by atoms with Gasteiger partial charge in [0.2, 0.25) is 0 Å². The molecule has 0 saturated heterocycles. The molecular weight excluding hydrogens is 290 g/mol. The first-order valence-corrected chi connectivity index (χ1v) is 6.59. The van der Waals surface area contributed by atoms with Crippen LogP contribution in [0.25, 0.3) is 0 Å². The molecule has 6 heteroatoms. The molecule has 0 unspecified atom stereocenters. The highest BCUT2D eigenvalue weighted by Crippen LogP contribution is 2.17. The maximum absolute atomic E-state index is 12.0. The van der Waals surface area contributed by atoms with Crippen LogP contribution in [0, 0.1) is 11.3 Å². The van der Waals surface area contributed by atoms with Crippen molar-refractivity contribution < 1.29 is 18.3 Å². The molecule has 0 aliphatic carbocycles. The van der Waals surface area contributed by atoms with Crippen molar-refractivity contribution in [2.45, 2.75) is 6.61 Å². The highest BCUT2D eigenvalue weighted by Gasteiger charge is 2.03. The Hall–Kier alpha value is -2.81. The van der Waals surface area contributed by atoms with Gasteiger partial charge >= 0.3 is 6.61 Å². The molecule has 0 spiro atoms. The van der Waals surface area contributed by atoms with Crippen molar-refractivity contribution in [2.24, 2.45) is 0 Å². The van der Waals surface area contributed by atoms with E-state index in [9.17, 15) is 8.78 Å². The molecule has 0 radical (unpaired) electrons. The zero-order chi connectivity index (χ0) is 15.8. The summed E-state index contributed by atoms with van der Waals surface area (Å²) in [5.41, 5.74) is 1.36. The summed E-state index contributed by atoms with van der Waals surface area (Å²) in [5, 5.41) is 11.8. The number of nitrogens with zero attached hydrogens (tertiary/aromatic N) is 1. The summed E-state index contributed by atoms with van der Waals surface area (Å²) in [5.74, 6) is 0.802. The van der Waals surface area contributed by atoms with Gasteiger partial charge in [-0.2, -0.15) is 14.0 Å². The maximum atomic E-state index is 12.0. The van der Waals surface area contributed by atoms with Crippen LogP contribution in [0.15, 0.2) is 48.5 Å². The Balaban J connectivity index is 1.73. The van der Waals surface area contributed by atoms with Crippen molar-refractivity contribution in [1.82, 2.24) is 0 Å². The van der Waals surface area contributed by atoms with E-state index in [1.807, 2.05) is 6.07 Å². The Morgan fingerprint density at radius 1 is 1.00 bits per heavy atom. The predicted octanol–water partition coefficient (Wildman–Crippen LogP) is 3.65. The maximum Gasteiger partial charge on any atom is 0.387 e. The Kier molecular flexibility index (Phi) is 5.55. The summed E-state index contributed by atoms with van der Waals surface area (Å²) in [6, 6.07) is 15.1. The molecule has 0 aromatic heterocycles. The monoisotopic (exact) mass is 304 g/mol. The zero-order valence-corrected chi connectivity index (χ0v) is 11.6. The van der Waals surface area contributed by atoms with E-state index in [4.69, 9.17) is 10.00 Å².